The van der Waals surface area contributed by atoms with E-state index in [-0.39, 0.29) is 12.5 Å². The zero-order valence-electron chi connectivity index (χ0n) is 10.3. The van der Waals surface area contributed by atoms with Crippen LogP contribution < -0.4 is 4.74 Å². The van der Waals surface area contributed by atoms with Crippen LogP contribution in [0.25, 0.3) is 0 Å². The normalized spacial score (nSPS) is 10.5. The minimum atomic E-state index is -0.284. The summed E-state index contributed by atoms with van der Waals surface area (Å²) in [6.45, 7) is 1.17. The standard InChI is InChI=1S/C12H15Cl2NO3/c1-15(8-11(16)17-2)6-7-18-12-9(13)4-3-5-10(12)14/h3-5H,6-8H2,1-2H3. The first kappa shape index (κ1) is 15.1. The van der Waals surface area contributed by atoms with Crippen molar-refractivity contribution in [1.82, 2.24) is 4.90 Å². The summed E-state index contributed by atoms with van der Waals surface area (Å²) in [7, 11) is 3.16. The third-order valence-corrected chi connectivity index (χ3v) is 2.86. The maximum Gasteiger partial charge on any atom is 0.319 e. The van der Waals surface area contributed by atoms with Gasteiger partial charge in [0.2, 0.25) is 0 Å². The van der Waals surface area contributed by atoms with E-state index in [1.54, 1.807) is 30.1 Å². The van der Waals surface area contributed by atoms with Gasteiger partial charge in [0.1, 0.15) is 6.61 Å². The topological polar surface area (TPSA) is 38.8 Å². The molecule has 1 rings (SSSR count). The summed E-state index contributed by atoms with van der Waals surface area (Å²) in [4.78, 5) is 12.8. The first-order valence-electron chi connectivity index (χ1n) is 5.36. The fourth-order valence-electron chi connectivity index (χ4n) is 1.29. The lowest BCUT2D eigenvalue weighted by molar-refractivity contribution is -0.141. The molecule has 100 valence electrons. The van der Waals surface area contributed by atoms with Crippen LogP contribution in [-0.4, -0.2) is 44.7 Å². The Morgan fingerprint density at radius 3 is 2.50 bits per heavy atom. The molecule has 0 spiro atoms. The molecule has 0 aromatic heterocycles. The average Bonchev–Trinajstić information content (AvgIpc) is 2.32. The van der Waals surface area contributed by atoms with Crippen LogP contribution in [0.1, 0.15) is 0 Å². The van der Waals surface area contributed by atoms with E-state index in [1.165, 1.54) is 7.11 Å². The minimum absolute atomic E-state index is 0.218. The summed E-state index contributed by atoms with van der Waals surface area (Å²) in [5.74, 6) is 0.181. The second kappa shape index (κ2) is 7.46. The molecule has 0 atom stereocenters. The highest BCUT2D eigenvalue weighted by Crippen LogP contribution is 2.32. The molecule has 1 aromatic carbocycles. The molecule has 0 radical (unpaired) electrons. The maximum atomic E-state index is 11.0. The van der Waals surface area contributed by atoms with Gasteiger partial charge in [0.25, 0.3) is 0 Å². The van der Waals surface area contributed by atoms with E-state index in [9.17, 15) is 4.79 Å². The van der Waals surface area contributed by atoms with Crippen molar-refractivity contribution in [2.75, 3.05) is 33.9 Å². The Bertz CT molecular complexity index is 392. The number of likely N-dealkylation sites (N-methyl/N-ethyl adjacent to an activating group) is 1. The van der Waals surface area contributed by atoms with E-state index in [0.29, 0.717) is 28.9 Å². The number of rotatable bonds is 6. The summed E-state index contributed by atoms with van der Waals surface area (Å²) in [6, 6.07) is 5.17. The zero-order chi connectivity index (χ0) is 13.5. The number of hydrogen-bond donors (Lipinski definition) is 0. The Kier molecular flexibility index (Phi) is 6.25. The number of methoxy groups -OCH3 is 1. The molecule has 0 heterocycles. The zero-order valence-corrected chi connectivity index (χ0v) is 11.8. The predicted molar refractivity (Wildman–Crippen MR) is 71.5 cm³/mol. The molecule has 4 nitrogen and oxygen atoms in total. The number of ether oxygens (including phenoxy) is 2. The van der Waals surface area contributed by atoms with Crippen LogP contribution in [0.15, 0.2) is 18.2 Å². The minimum Gasteiger partial charge on any atom is -0.489 e. The van der Waals surface area contributed by atoms with Crippen LogP contribution >= 0.6 is 23.2 Å². The van der Waals surface area contributed by atoms with Crippen molar-refractivity contribution in [3.05, 3.63) is 28.2 Å². The van der Waals surface area contributed by atoms with Crippen molar-refractivity contribution >= 4 is 29.2 Å². The Morgan fingerprint density at radius 2 is 1.94 bits per heavy atom. The van der Waals surface area contributed by atoms with Crippen LogP contribution in [0.3, 0.4) is 0 Å². The van der Waals surface area contributed by atoms with Crippen molar-refractivity contribution < 1.29 is 14.3 Å². The van der Waals surface area contributed by atoms with Crippen LogP contribution in [0.2, 0.25) is 10.0 Å². The summed E-state index contributed by atoms with van der Waals surface area (Å²) < 4.78 is 10.1. The SMILES string of the molecule is COC(=O)CN(C)CCOc1c(Cl)cccc1Cl. The van der Waals surface area contributed by atoms with Gasteiger partial charge in [-0.05, 0) is 19.2 Å². The van der Waals surface area contributed by atoms with Crippen LogP contribution in [-0.2, 0) is 9.53 Å². The van der Waals surface area contributed by atoms with Crippen molar-refractivity contribution in [3.63, 3.8) is 0 Å². The number of carbonyl (C=O) groups excluding carboxylic acids is 1. The lowest BCUT2D eigenvalue weighted by Gasteiger charge is -2.16. The average molecular weight is 292 g/mol. The number of carbonyl (C=O) groups is 1. The Labute approximate surface area is 116 Å². The molecule has 1 aromatic rings. The van der Waals surface area contributed by atoms with E-state index in [0.717, 1.165) is 0 Å². The molecular formula is C12H15Cl2NO3. The monoisotopic (exact) mass is 291 g/mol. The number of halogens is 2. The fourth-order valence-corrected chi connectivity index (χ4v) is 1.79. The van der Waals surface area contributed by atoms with Crippen LogP contribution in [0.4, 0.5) is 0 Å². The van der Waals surface area contributed by atoms with Crippen molar-refractivity contribution in [2.45, 2.75) is 0 Å². The number of esters is 1. The smallest absolute Gasteiger partial charge is 0.319 e. The van der Waals surface area contributed by atoms with Gasteiger partial charge in [0.05, 0.1) is 23.7 Å². The number of hydrogen-bond acceptors (Lipinski definition) is 4. The molecule has 0 aliphatic carbocycles. The highest BCUT2D eigenvalue weighted by atomic mass is 35.5. The third kappa shape index (κ3) is 4.72. The number of benzene rings is 1. The number of nitrogens with zero attached hydrogens (tertiary/aromatic N) is 1. The molecule has 0 amide bonds. The summed E-state index contributed by atoms with van der Waals surface area (Å²) in [5.41, 5.74) is 0. The molecule has 0 saturated heterocycles. The van der Waals surface area contributed by atoms with Gasteiger partial charge >= 0.3 is 5.97 Å². The molecule has 0 bridgehead atoms. The largest absolute Gasteiger partial charge is 0.489 e. The fraction of sp³-hybridized carbons (Fsp3) is 0.417. The summed E-state index contributed by atoms with van der Waals surface area (Å²) in [5, 5.41) is 0.941. The van der Waals surface area contributed by atoms with Gasteiger partial charge in [-0.2, -0.15) is 0 Å². The van der Waals surface area contributed by atoms with Crippen LogP contribution in [0, 0.1) is 0 Å². The van der Waals surface area contributed by atoms with E-state index in [4.69, 9.17) is 27.9 Å². The maximum absolute atomic E-state index is 11.0. The Morgan fingerprint density at radius 1 is 1.33 bits per heavy atom. The second-order valence-corrected chi connectivity index (χ2v) is 4.53. The molecule has 0 N–H and O–H groups in total. The van der Waals surface area contributed by atoms with Gasteiger partial charge < -0.3 is 9.47 Å². The second-order valence-electron chi connectivity index (χ2n) is 3.71. The van der Waals surface area contributed by atoms with Gasteiger partial charge in [-0.1, -0.05) is 29.3 Å². The van der Waals surface area contributed by atoms with Gasteiger partial charge in [0, 0.05) is 6.54 Å². The van der Waals surface area contributed by atoms with E-state index < -0.39 is 0 Å². The van der Waals surface area contributed by atoms with Crippen molar-refractivity contribution in [2.24, 2.45) is 0 Å². The van der Waals surface area contributed by atoms with E-state index in [2.05, 4.69) is 4.74 Å². The Hall–Kier alpha value is -0.970. The third-order valence-electron chi connectivity index (χ3n) is 2.27. The Balaban J connectivity index is 2.40. The number of para-hydroxylation sites is 1. The van der Waals surface area contributed by atoms with Gasteiger partial charge in [-0.25, -0.2) is 0 Å². The van der Waals surface area contributed by atoms with Gasteiger partial charge in [-0.3, -0.25) is 9.69 Å². The lowest BCUT2D eigenvalue weighted by Crippen LogP contribution is -2.30. The summed E-state index contributed by atoms with van der Waals surface area (Å²) in [6.07, 6.45) is 0. The lowest BCUT2D eigenvalue weighted by atomic mass is 10.3. The first-order valence-corrected chi connectivity index (χ1v) is 6.12. The molecule has 0 aliphatic rings. The first-order chi connectivity index (χ1) is 8.54. The predicted octanol–water partition coefficient (Wildman–Crippen LogP) is 2.48. The molecule has 0 saturated carbocycles. The highest BCUT2D eigenvalue weighted by molar-refractivity contribution is 6.37. The summed E-state index contributed by atoms with van der Waals surface area (Å²) >= 11 is 11.9. The van der Waals surface area contributed by atoms with E-state index >= 15 is 0 Å². The van der Waals surface area contributed by atoms with Gasteiger partial charge in [-0.15, -0.1) is 0 Å². The molecule has 18 heavy (non-hydrogen) atoms. The molecule has 0 fully saturated rings. The quantitative estimate of drug-likeness (QED) is 0.755. The molecule has 0 aliphatic heterocycles. The highest BCUT2D eigenvalue weighted by Gasteiger charge is 2.09. The van der Waals surface area contributed by atoms with E-state index in [1.807, 2.05) is 0 Å². The molecule has 0 unspecified atom stereocenters. The molecular weight excluding hydrogens is 277 g/mol. The van der Waals surface area contributed by atoms with Crippen molar-refractivity contribution in [3.8, 4) is 5.75 Å². The molecule has 6 heteroatoms. The van der Waals surface area contributed by atoms with Gasteiger partial charge in [0.15, 0.2) is 5.75 Å². The van der Waals surface area contributed by atoms with Crippen molar-refractivity contribution in [1.29, 1.82) is 0 Å². The van der Waals surface area contributed by atoms with Crippen LogP contribution in [0.5, 0.6) is 5.75 Å².